The molecule has 0 spiro atoms. The van der Waals surface area contributed by atoms with Crippen LogP contribution in [0.1, 0.15) is 30.9 Å². The van der Waals surface area contributed by atoms with Gasteiger partial charge >= 0.3 is 6.18 Å². The van der Waals surface area contributed by atoms with E-state index in [2.05, 4.69) is 0 Å². The highest BCUT2D eigenvalue weighted by molar-refractivity contribution is 6.31. The summed E-state index contributed by atoms with van der Waals surface area (Å²) in [5.41, 5.74) is 1.90. The predicted molar refractivity (Wildman–Crippen MR) is 76.0 cm³/mol. The zero-order valence-electron chi connectivity index (χ0n) is 11.1. The highest BCUT2D eigenvalue weighted by Crippen LogP contribution is 2.38. The number of rotatable bonds is 2. The lowest BCUT2D eigenvalue weighted by Gasteiger charge is -2.15. The molecule has 2 aromatic carbocycles. The topological polar surface area (TPSA) is 0 Å². The first-order chi connectivity index (χ1) is 9.30. The third-order valence-electron chi connectivity index (χ3n) is 3.17. The van der Waals surface area contributed by atoms with Gasteiger partial charge in [0.15, 0.2) is 0 Å². The van der Waals surface area contributed by atoms with Gasteiger partial charge in [0, 0.05) is 0 Å². The molecule has 0 amide bonds. The smallest absolute Gasteiger partial charge is 0.166 e. The fourth-order valence-electron chi connectivity index (χ4n) is 2.18. The van der Waals surface area contributed by atoms with Crippen LogP contribution in [0.3, 0.4) is 0 Å². The van der Waals surface area contributed by atoms with Crippen LogP contribution in [0, 0.1) is 0 Å². The Kier molecular flexibility index (Phi) is 4.09. The molecule has 0 aliphatic heterocycles. The van der Waals surface area contributed by atoms with Crippen LogP contribution in [0.25, 0.3) is 11.1 Å². The maximum Gasteiger partial charge on any atom is 0.417 e. The van der Waals surface area contributed by atoms with E-state index in [4.69, 9.17) is 11.6 Å². The van der Waals surface area contributed by atoms with E-state index in [1.54, 1.807) is 0 Å². The second kappa shape index (κ2) is 5.49. The predicted octanol–water partition coefficient (Wildman–Crippen LogP) is 6.15. The van der Waals surface area contributed by atoms with Gasteiger partial charge in [-0.3, -0.25) is 0 Å². The summed E-state index contributed by atoms with van der Waals surface area (Å²) in [7, 11) is 0. The van der Waals surface area contributed by atoms with Crippen LogP contribution >= 0.6 is 11.6 Å². The Morgan fingerprint density at radius 1 is 1.00 bits per heavy atom. The normalized spacial score (nSPS) is 11.9. The molecule has 0 fully saturated rings. The van der Waals surface area contributed by atoms with Gasteiger partial charge in [-0.15, -0.1) is 0 Å². The Labute approximate surface area is 121 Å². The molecule has 0 unspecified atom stereocenters. The van der Waals surface area contributed by atoms with E-state index in [0.717, 1.165) is 17.2 Å². The Hall–Kier alpha value is -1.48. The monoisotopic (exact) mass is 298 g/mol. The fraction of sp³-hybridized carbons (Fsp3) is 0.250. The second-order valence-corrected chi connectivity index (χ2v) is 5.34. The lowest BCUT2D eigenvalue weighted by molar-refractivity contribution is -0.137. The van der Waals surface area contributed by atoms with Crippen LogP contribution in [-0.4, -0.2) is 0 Å². The Morgan fingerprint density at radius 2 is 1.65 bits per heavy atom. The average molecular weight is 299 g/mol. The molecule has 0 aromatic heterocycles. The number of hydrogen-bond acceptors (Lipinski definition) is 0. The van der Waals surface area contributed by atoms with E-state index in [1.165, 1.54) is 12.1 Å². The largest absolute Gasteiger partial charge is 0.417 e. The van der Waals surface area contributed by atoms with Crippen LogP contribution in [0.5, 0.6) is 0 Å². The number of halogens is 4. The lowest BCUT2D eigenvalue weighted by Crippen LogP contribution is -2.05. The minimum atomic E-state index is -4.42. The molecule has 0 aliphatic carbocycles. The van der Waals surface area contributed by atoms with Crippen molar-refractivity contribution in [2.75, 3.05) is 0 Å². The zero-order chi connectivity index (χ0) is 14.9. The molecule has 2 rings (SSSR count). The van der Waals surface area contributed by atoms with Crippen LogP contribution in [0.15, 0.2) is 42.5 Å². The van der Waals surface area contributed by atoms with E-state index in [9.17, 15) is 13.2 Å². The SMILES string of the molecule is CC(C)c1ccccc1-c1ccc(C(F)(F)F)c(Cl)c1. The second-order valence-electron chi connectivity index (χ2n) is 4.93. The van der Waals surface area contributed by atoms with Gasteiger partial charge in [-0.1, -0.05) is 55.8 Å². The van der Waals surface area contributed by atoms with Gasteiger partial charge < -0.3 is 0 Å². The van der Waals surface area contributed by atoms with Gasteiger partial charge in [-0.25, -0.2) is 0 Å². The molecule has 0 radical (unpaired) electrons. The summed E-state index contributed by atoms with van der Waals surface area (Å²) in [6.45, 7) is 4.09. The molecule has 106 valence electrons. The van der Waals surface area contributed by atoms with Crippen molar-refractivity contribution in [2.45, 2.75) is 25.9 Å². The summed E-state index contributed by atoms with van der Waals surface area (Å²) in [5.74, 6) is 0.285. The van der Waals surface area contributed by atoms with Gasteiger partial charge in [-0.2, -0.15) is 13.2 Å². The average Bonchev–Trinajstić information content (AvgIpc) is 2.37. The Morgan fingerprint density at radius 3 is 2.20 bits per heavy atom. The first-order valence-electron chi connectivity index (χ1n) is 6.26. The quantitative estimate of drug-likeness (QED) is 0.624. The molecule has 0 heterocycles. The molecule has 20 heavy (non-hydrogen) atoms. The highest BCUT2D eigenvalue weighted by Gasteiger charge is 2.33. The van der Waals surface area contributed by atoms with Gasteiger partial charge in [0.05, 0.1) is 10.6 Å². The minimum Gasteiger partial charge on any atom is -0.166 e. The standard InChI is InChI=1S/C16H14ClF3/c1-10(2)12-5-3-4-6-13(12)11-7-8-14(15(17)9-11)16(18,19)20/h3-10H,1-2H3. The van der Waals surface area contributed by atoms with Crippen molar-refractivity contribution in [3.63, 3.8) is 0 Å². The Bertz CT molecular complexity index is 615. The van der Waals surface area contributed by atoms with Gasteiger partial charge in [0.2, 0.25) is 0 Å². The maximum absolute atomic E-state index is 12.7. The van der Waals surface area contributed by atoms with Gasteiger partial charge in [0.25, 0.3) is 0 Å². The summed E-state index contributed by atoms with van der Waals surface area (Å²) in [5, 5.41) is -0.270. The molecule has 0 bridgehead atoms. The molecule has 4 heteroatoms. The number of benzene rings is 2. The summed E-state index contributed by atoms with van der Waals surface area (Å²) < 4.78 is 38.1. The maximum atomic E-state index is 12.7. The summed E-state index contributed by atoms with van der Waals surface area (Å²) in [4.78, 5) is 0. The van der Waals surface area contributed by atoms with Gasteiger partial charge in [0.1, 0.15) is 0 Å². The zero-order valence-corrected chi connectivity index (χ0v) is 11.9. The van der Waals surface area contributed by atoms with Crippen LogP contribution in [0.4, 0.5) is 13.2 Å². The van der Waals surface area contributed by atoms with E-state index in [1.807, 2.05) is 38.1 Å². The van der Waals surface area contributed by atoms with E-state index < -0.39 is 11.7 Å². The molecular weight excluding hydrogens is 285 g/mol. The molecule has 0 atom stereocenters. The van der Waals surface area contributed by atoms with Crippen LogP contribution in [-0.2, 0) is 6.18 Å². The summed E-state index contributed by atoms with van der Waals surface area (Å²) in [6, 6.07) is 11.5. The number of hydrogen-bond donors (Lipinski definition) is 0. The van der Waals surface area contributed by atoms with Crippen molar-refractivity contribution in [1.82, 2.24) is 0 Å². The molecule has 0 nitrogen and oxygen atoms in total. The lowest BCUT2D eigenvalue weighted by atomic mass is 9.92. The number of alkyl halides is 3. The van der Waals surface area contributed by atoms with Crippen molar-refractivity contribution in [2.24, 2.45) is 0 Å². The van der Waals surface area contributed by atoms with Crippen LogP contribution in [0.2, 0.25) is 5.02 Å². The minimum absolute atomic E-state index is 0.270. The summed E-state index contributed by atoms with van der Waals surface area (Å²) >= 11 is 5.78. The first-order valence-corrected chi connectivity index (χ1v) is 6.64. The molecular formula is C16H14ClF3. The van der Waals surface area contributed by atoms with E-state index in [0.29, 0.717) is 5.56 Å². The van der Waals surface area contributed by atoms with Crippen molar-refractivity contribution >= 4 is 11.6 Å². The molecule has 0 saturated carbocycles. The molecule has 0 saturated heterocycles. The van der Waals surface area contributed by atoms with Crippen molar-refractivity contribution in [3.05, 3.63) is 58.6 Å². The van der Waals surface area contributed by atoms with Crippen molar-refractivity contribution in [3.8, 4) is 11.1 Å². The third-order valence-corrected chi connectivity index (χ3v) is 3.48. The Balaban J connectivity index is 2.53. The van der Waals surface area contributed by atoms with Crippen molar-refractivity contribution in [1.29, 1.82) is 0 Å². The van der Waals surface area contributed by atoms with E-state index in [-0.39, 0.29) is 10.9 Å². The van der Waals surface area contributed by atoms with Gasteiger partial charge in [-0.05, 0) is 34.7 Å². The van der Waals surface area contributed by atoms with Crippen LogP contribution < -0.4 is 0 Å². The highest BCUT2D eigenvalue weighted by atomic mass is 35.5. The van der Waals surface area contributed by atoms with Crippen molar-refractivity contribution < 1.29 is 13.2 Å². The first kappa shape index (κ1) is 14.9. The fourth-order valence-corrected chi connectivity index (χ4v) is 2.46. The third kappa shape index (κ3) is 2.98. The molecule has 0 aliphatic rings. The summed E-state index contributed by atoms with van der Waals surface area (Å²) in [6.07, 6.45) is -4.42. The molecule has 0 N–H and O–H groups in total. The molecule has 2 aromatic rings. The van der Waals surface area contributed by atoms with E-state index >= 15 is 0 Å².